The molecular weight excluding hydrogens is 737 g/mol. The van der Waals surface area contributed by atoms with Crippen LogP contribution in [0.5, 0.6) is 0 Å². The number of rotatable bonds is 19. The zero-order valence-electron chi connectivity index (χ0n) is 23.4. The Morgan fingerprint density at radius 1 is 0.750 bits per heavy atom. The predicted molar refractivity (Wildman–Crippen MR) is 130 cm³/mol. The molecule has 0 aromatic heterocycles. The third-order valence-electron chi connectivity index (χ3n) is 5.92. The van der Waals surface area contributed by atoms with Gasteiger partial charge in [0.15, 0.2) is 0 Å². The molecule has 0 aliphatic carbocycles. The van der Waals surface area contributed by atoms with Crippen molar-refractivity contribution in [2.45, 2.75) is 60.6 Å². The standard InChI is InChI=1S/C23H22F17N3O4S/c1-42-15(12-43(41)11-14-5-3-2-4-6-14)13-46-8-9-47-48(44,45)10-7-16(24,25)17(26,27)18(28,29)19(30,31)20(32,33)21(34,35)22(36,37)23(38,39)40/h2-6,12H,1,7-11,13,41H2/b15-12-. The molecule has 0 aliphatic heterocycles. The molecule has 0 heterocycles. The molecule has 0 aliphatic rings. The van der Waals surface area contributed by atoms with Crippen molar-refractivity contribution in [1.29, 1.82) is 0 Å². The lowest BCUT2D eigenvalue weighted by atomic mass is 9.88. The summed E-state index contributed by atoms with van der Waals surface area (Å²) in [7, 11) is -5.50. The molecule has 48 heavy (non-hydrogen) atoms. The largest absolute Gasteiger partial charge is 0.460 e. The Labute approximate surface area is 259 Å². The van der Waals surface area contributed by atoms with Crippen LogP contribution in [-0.4, -0.2) is 93.4 Å². The molecule has 278 valence electrons. The number of nitrogens with zero attached hydrogens (tertiary/aromatic N) is 2. The van der Waals surface area contributed by atoms with Crippen LogP contribution in [-0.2, 0) is 25.6 Å². The first-order valence-electron chi connectivity index (χ1n) is 12.2. The van der Waals surface area contributed by atoms with Crippen LogP contribution in [0.15, 0.2) is 47.2 Å². The fraction of sp³-hybridized carbons (Fsp3) is 0.609. The molecule has 1 aromatic carbocycles. The van der Waals surface area contributed by atoms with E-state index in [2.05, 4.69) is 15.9 Å². The lowest BCUT2D eigenvalue weighted by Gasteiger charge is -2.42. The summed E-state index contributed by atoms with van der Waals surface area (Å²) < 4.78 is 259. The van der Waals surface area contributed by atoms with Gasteiger partial charge in [0.05, 0.1) is 37.8 Å². The maximum Gasteiger partial charge on any atom is 0.460 e. The second kappa shape index (κ2) is 14.5. The summed E-state index contributed by atoms with van der Waals surface area (Å²) in [6.45, 7) is 1.05. The van der Waals surface area contributed by atoms with Gasteiger partial charge in [0.1, 0.15) is 0 Å². The van der Waals surface area contributed by atoms with E-state index in [1.165, 1.54) is 6.20 Å². The van der Waals surface area contributed by atoms with Crippen molar-refractivity contribution in [3.8, 4) is 0 Å². The van der Waals surface area contributed by atoms with Gasteiger partial charge < -0.3 is 9.75 Å². The van der Waals surface area contributed by atoms with E-state index in [1.54, 1.807) is 30.3 Å². The summed E-state index contributed by atoms with van der Waals surface area (Å²) in [5.41, 5.74) is 0.784. The van der Waals surface area contributed by atoms with E-state index in [4.69, 9.17) is 10.6 Å². The number of nitrogens with two attached hydrogens (primary N) is 1. The molecule has 25 heteroatoms. The molecular formula is C23H22F17N3O4S. The summed E-state index contributed by atoms with van der Waals surface area (Å²) in [5, 5.41) is 1.13. The van der Waals surface area contributed by atoms with E-state index in [-0.39, 0.29) is 12.2 Å². The lowest BCUT2D eigenvalue weighted by Crippen LogP contribution is -2.74. The normalized spacial score (nSPS) is 15.1. The van der Waals surface area contributed by atoms with E-state index in [9.17, 15) is 83.1 Å². The van der Waals surface area contributed by atoms with Crippen LogP contribution in [0, 0.1) is 0 Å². The van der Waals surface area contributed by atoms with Crippen LogP contribution >= 0.6 is 0 Å². The Morgan fingerprint density at radius 3 is 1.67 bits per heavy atom. The molecule has 0 saturated carbocycles. The predicted octanol–water partition coefficient (Wildman–Crippen LogP) is 6.67. The van der Waals surface area contributed by atoms with Crippen LogP contribution < -0.4 is 5.84 Å². The average molecular weight is 759 g/mol. The summed E-state index contributed by atoms with van der Waals surface area (Å²) >= 11 is 0. The van der Waals surface area contributed by atoms with Gasteiger partial charge in [-0.15, -0.1) is 0 Å². The van der Waals surface area contributed by atoms with Crippen molar-refractivity contribution in [3.05, 3.63) is 47.8 Å². The molecule has 1 rings (SSSR count). The highest BCUT2D eigenvalue weighted by Crippen LogP contribution is 2.64. The monoisotopic (exact) mass is 759 g/mol. The van der Waals surface area contributed by atoms with Crippen molar-refractivity contribution in [2.75, 3.05) is 25.6 Å². The number of ether oxygens (including phenoxy) is 1. The minimum absolute atomic E-state index is 0.0290. The quantitative estimate of drug-likeness (QED) is 0.0424. The number of halogens is 17. The average Bonchev–Trinajstić information content (AvgIpc) is 2.94. The lowest BCUT2D eigenvalue weighted by molar-refractivity contribution is -0.461. The van der Waals surface area contributed by atoms with Crippen molar-refractivity contribution in [1.82, 2.24) is 5.01 Å². The number of hydrazine groups is 1. The second-order valence-corrected chi connectivity index (χ2v) is 11.2. The Morgan fingerprint density at radius 2 is 1.21 bits per heavy atom. The Bertz CT molecular complexity index is 1370. The molecule has 0 unspecified atom stereocenters. The smallest absolute Gasteiger partial charge is 0.373 e. The number of hydrogen-bond donors (Lipinski definition) is 1. The number of aliphatic imine (C=N–C) groups is 1. The molecule has 0 saturated heterocycles. The zero-order valence-corrected chi connectivity index (χ0v) is 24.2. The van der Waals surface area contributed by atoms with Crippen molar-refractivity contribution in [3.63, 3.8) is 0 Å². The first-order valence-corrected chi connectivity index (χ1v) is 13.8. The molecule has 0 spiro atoms. The van der Waals surface area contributed by atoms with E-state index >= 15 is 0 Å². The highest BCUT2D eigenvalue weighted by Gasteiger charge is 2.95. The fourth-order valence-corrected chi connectivity index (χ4v) is 4.16. The minimum Gasteiger partial charge on any atom is -0.373 e. The van der Waals surface area contributed by atoms with Gasteiger partial charge in [-0.25, -0.2) is 5.84 Å². The third kappa shape index (κ3) is 8.61. The van der Waals surface area contributed by atoms with Gasteiger partial charge in [0.25, 0.3) is 10.1 Å². The highest BCUT2D eigenvalue weighted by molar-refractivity contribution is 7.86. The van der Waals surface area contributed by atoms with Gasteiger partial charge in [-0.05, 0) is 12.3 Å². The summed E-state index contributed by atoms with van der Waals surface area (Å²) in [6, 6.07) is 8.58. The Balaban J connectivity index is 2.94. The molecule has 0 amide bonds. The molecule has 1 aromatic rings. The summed E-state index contributed by atoms with van der Waals surface area (Å²) in [4.78, 5) is 3.54. The van der Waals surface area contributed by atoms with Gasteiger partial charge in [-0.3, -0.25) is 9.18 Å². The van der Waals surface area contributed by atoms with E-state index < -0.39 is 89.7 Å². The topological polar surface area (TPSA) is 94.2 Å². The number of benzene rings is 1. The van der Waals surface area contributed by atoms with Crippen LogP contribution in [0.4, 0.5) is 74.6 Å². The summed E-state index contributed by atoms with van der Waals surface area (Å²) in [6.07, 6.45) is -9.83. The van der Waals surface area contributed by atoms with Gasteiger partial charge in [0, 0.05) is 12.6 Å². The van der Waals surface area contributed by atoms with Crippen molar-refractivity contribution in [2.24, 2.45) is 10.8 Å². The molecule has 2 N–H and O–H groups in total. The Kier molecular flexibility index (Phi) is 13.0. The van der Waals surface area contributed by atoms with E-state index in [0.717, 1.165) is 10.6 Å². The number of hydrogen-bond acceptors (Lipinski definition) is 7. The summed E-state index contributed by atoms with van der Waals surface area (Å²) in [5.74, 6) is -54.6. The molecule has 0 fully saturated rings. The van der Waals surface area contributed by atoms with Gasteiger partial charge in [0.2, 0.25) is 0 Å². The van der Waals surface area contributed by atoms with Crippen LogP contribution in [0.3, 0.4) is 0 Å². The maximum atomic E-state index is 14.0. The third-order valence-corrected chi connectivity index (χ3v) is 7.15. The van der Waals surface area contributed by atoms with Gasteiger partial charge in [-0.1, -0.05) is 30.3 Å². The SMILES string of the molecule is C=N/C(=C\N(N)Cc1ccccc1)COCCOS(=O)(=O)CCC(F)(F)C(F)(F)C(F)(F)C(F)(F)C(F)(F)C(F)(F)C(F)(F)C(F)(F)F. The second-order valence-electron chi connectivity index (χ2n) is 9.47. The van der Waals surface area contributed by atoms with Gasteiger partial charge >= 0.3 is 47.6 Å². The minimum atomic E-state index is -8.78. The maximum absolute atomic E-state index is 14.0. The molecule has 0 bridgehead atoms. The van der Waals surface area contributed by atoms with Crippen molar-refractivity contribution >= 4 is 16.8 Å². The van der Waals surface area contributed by atoms with Gasteiger partial charge in [-0.2, -0.15) is 83.1 Å². The Hall–Kier alpha value is -2.93. The molecule has 7 nitrogen and oxygen atoms in total. The fourth-order valence-electron chi connectivity index (χ4n) is 3.22. The first-order chi connectivity index (χ1) is 21.4. The first kappa shape index (κ1) is 43.1. The number of alkyl halides is 17. The highest BCUT2D eigenvalue weighted by atomic mass is 32.2. The van der Waals surface area contributed by atoms with E-state index in [0.29, 0.717) is 0 Å². The van der Waals surface area contributed by atoms with Crippen LogP contribution in [0.1, 0.15) is 12.0 Å². The molecule has 0 atom stereocenters. The zero-order chi connectivity index (χ0) is 37.8. The van der Waals surface area contributed by atoms with Crippen molar-refractivity contribution < 1.29 is 92.0 Å². The van der Waals surface area contributed by atoms with E-state index in [1.807, 2.05) is 0 Å². The molecule has 0 radical (unpaired) electrons. The van der Waals surface area contributed by atoms with Crippen LogP contribution in [0.25, 0.3) is 0 Å². The van der Waals surface area contributed by atoms with Crippen LogP contribution in [0.2, 0.25) is 0 Å².